The lowest BCUT2D eigenvalue weighted by atomic mass is 9.65. The van der Waals surface area contributed by atoms with Gasteiger partial charge < -0.3 is 23.8 Å². The molecule has 0 N–H and O–H groups in total. The number of ether oxygens (including phenoxy) is 4. The summed E-state index contributed by atoms with van der Waals surface area (Å²) >= 11 is 0. The van der Waals surface area contributed by atoms with Gasteiger partial charge in [0.15, 0.2) is 11.5 Å². The summed E-state index contributed by atoms with van der Waals surface area (Å²) in [6.07, 6.45) is -5.13. The van der Waals surface area contributed by atoms with E-state index in [1.165, 1.54) is 7.11 Å². The number of carbonyl (C=O) groups is 2. The van der Waals surface area contributed by atoms with Gasteiger partial charge in [0.2, 0.25) is 6.79 Å². The van der Waals surface area contributed by atoms with Crippen LogP contribution < -0.4 is 9.47 Å². The number of likely N-dealkylation sites (tertiary alicyclic amines) is 1. The average Bonchev–Trinajstić information content (AvgIpc) is 3.30. The number of benzene rings is 1. The zero-order valence-corrected chi connectivity index (χ0v) is 15.7. The fourth-order valence-corrected chi connectivity index (χ4v) is 4.78. The Morgan fingerprint density at radius 3 is 2.69 bits per heavy atom. The molecular weight excluding hydrogens is 395 g/mol. The molecule has 0 spiro atoms. The van der Waals surface area contributed by atoms with E-state index >= 15 is 0 Å². The lowest BCUT2D eigenvalue weighted by molar-refractivity contribution is -0.207. The maximum atomic E-state index is 12.7. The molecule has 2 heterocycles. The number of nitrogens with zero attached hydrogens (tertiary/aromatic N) is 1. The average molecular weight is 415 g/mol. The smallest absolute Gasteiger partial charge is 0.456 e. The van der Waals surface area contributed by atoms with Gasteiger partial charge in [0.25, 0.3) is 0 Å². The molecule has 1 aromatic rings. The van der Waals surface area contributed by atoms with Crippen LogP contribution in [0.5, 0.6) is 11.5 Å². The van der Waals surface area contributed by atoms with Gasteiger partial charge in [-0.05, 0) is 43.4 Å². The van der Waals surface area contributed by atoms with Crippen LogP contribution in [0.4, 0.5) is 18.0 Å². The summed E-state index contributed by atoms with van der Waals surface area (Å²) in [7, 11) is 1.29. The van der Waals surface area contributed by atoms with E-state index in [9.17, 15) is 22.8 Å². The third kappa shape index (κ3) is 3.34. The minimum atomic E-state index is -5.05. The highest BCUT2D eigenvalue weighted by Crippen LogP contribution is 2.51. The topological polar surface area (TPSA) is 74.3 Å². The zero-order valence-electron chi connectivity index (χ0n) is 15.7. The Labute approximate surface area is 164 Å². The summed E-state index contributed by atoms with van der Waals surface area (Å²) in [5, 5.41) is 0. The Kier molecular flexibility index (Phi) is 4.74. The molecule has 2 fully saturated rings. The van der Waals surface area contributed by atoms with Crippen LogP contribution in [0.1, 0.15) is 31.2 Å². The molecule has 1 aliphatic carbocycles. The molecule has 7 nitrogen and oxygen atoms in total. The predicted molar refractivity (Wildman–Crippen MR) is 91.5 cm³/mol. The van der Waals surface area contributed by atoms with Crippen molar-refractivity contribution in [3.8, 4) is 11.5 Å². The highest BCUT2D eigenvalue weighted by molar-refractivity contribution is 5.75. The summed E-state index contributed by atoms with van der Waals surface area (Å²) in [5.74, 6) is -1.06. The number of fused-ring (bicyclic) bond motifs is 2. The van der Waals surface area contributed by atoms with Crippen molar-refractivity contribution in [2.45, 2.75) is 49.4 Å². The lowest BCUT2D eigenvalue weighted by Crippen LogP contribution is -2.51. The molecule has 3 aliphatic rings. The normalized spacial score (nSPS) is 28.1. The van der Waals surface area contributed by atoms with E-state index in [2.05, 4.69) is 0 Å². The predicted octanol–water partition coefficient (Wildman–Crippen LogP) is 3.15. The van der Waals surface area contributed by atoms with Gasteiger partial charge in [-0.1, -0.05) is 6.07 Å². The van der Waals surface area contributed by atoms with Gasteiger partial charge in [0.1, 0.15) is 6.10 Å². The van der Waals surface area contributed by atoms with Crippen LogP contribution in [-0.4, -0.2) is 55.7 Å². The number of rotatable bonds is 2. The van der Waals surface area contributed by atoms with Crippen molar-refractivity contribution in [2.24, 2.45) is 0 Å². The molecule has 0 aromatic heterocycles. The number of amides is 1. The van der Waals surface area contributed by atoms with Crippen LogP contribution in [0.25, 0.3) is 0 Å². The number of hydrogen-bond acceptors (Lipinski definition) is 6. The Bertz CT molecular complexity index is 829. The summed E-state index contributed by atoms with van der Waals surface area (Å²) in [6.45, 7) is 0.487. The van der Waals surface area contributed by atoms with Crippen molar-refractivity contribution >= 4 is 12.1 Å². The second-order valence-corrected chi connectivity index (χ2v) is 7.46. The van der Waals surface area contributed by atoms with Crippen LogP contribution in [0.2, 0.25) is 0 Å². The fraction of sp³-hybridized carbons (Fsp3) is 0.579. The molecule has 1 aromatic carbocycles. The quantitative estimate of drug-likeness (QED) is 0.691. The minimum Gasteiger partial charge on any atom is -0.456 e. The first-order chi connectivity index (χ1) is 13.7. The monoisotopic (exact) mass is 415 g/mol. The zero-order chi connectivity index (χ0) is 20.8. The van der Waals surface area contributed by atoms with Crippen molar-refractivity contribution < 1.29 is 41.7 Å². The highest BCUT2D eigenvalue weighted by Gasteiger charge is 2.55. The first kappa shape index (κ1) is 19.7. The number of carbonyl (C=O) groups excluding carboxylic acids is 2. The molecule has 3 atom stereocenters. The molecule has 1 amide bonds. The molecule has 1 saturated carbocycles. The van der Waals surface area contributed by atoms with Crippen molar-refractivity contribution in [3.05, 3.63) is 23.8 Å². The van der Waals surface area contributed by atoms with E-state index in [4.69, 9.17) is 18.9 Å². The van der Waals surface area contributed by atoms with Crippen molar-refractivity contribution in [1.29, 1.82) is 0 Å². The molecule has 29 heavy (non-hydrogen) atoms. The Morgan fingerprint density at radius 1 is 1.21 bits per heavy atom. The number of hydrogen-bond donors (Lipinski definition) is 0. The third-order valence-corrected chi connectivity index (χ3v) is 6.03. The largest absolute Gasteiger partial charge is 0.490 e. The van der Waals surface area contributed by atoms with Crippen molar-refractivity contribution in [2.75, 3.05) is 20.4 Å². The van der Waals surface area contributed by atoms with E-state index in [1.807, 2.05) is 6.07 Å². The molecule has 0 bridgehead atoms. The van der Waals surface area contributed by atoms with E-state index in [0.717, 1.165) is 5.56 Å². The van der Waals surface area contributed by atoms with Gasteiger partial charge in [0.05, 0.1) is 7.11 Å². The van der Waals surface area contributed by atoms with Gasteiger partial charge >= 0.3 is 18.2 Å². The maximum Gasteiger partial charge on any atom is 0.490 e. The molecular formula is C19H20F3NO6. The number of esters is 1. The SMILES string of the molecule is COC(=O)N1CC[C@@]2(c3ccc4c(c3)OCO4)C[C@H](OC(=O)C(F)(F)F)CC[C@@H]12. The third-order valence-electron chi connectivity index (χ3n) is 6.03. The minimum absolute atomic E-state index is 0.0926. The second kappa shape index (κ2) is 7.00. The molecule has 0 radical (unpaired) electrons. The molecule has 0 unspecified atom stereocenters. The maximum absolute atomic E-state index is 12.7. The van der Waals surface area contributed by atoms with Crippen LogP contribution in [0, 0.1) is 0 Å². The van der Waals surface area contributed by atoms with Crippen molar-refractivity contribution in [1.82, 2.24) is 4.90 Å². The van der Waals surface area contributed by atoms with Crippen LogP contribution in [0.3, 0.4) is 0 Å². The molecule has 1 saturated heterocycles. The Morgan fingerprint density at radius 2 is 1.97 bits per heavy atom. The van der Waals surface area contributed by atoms with E-state index in [-0.39, 0.29) is 25.7 Å². The molecule has 158 valence electrons. The van der Waals surface area contributed by atoms with Crippen molar-refractivity contribution in [3.63, 3.8) is 0 Å². The molecule has 10 heteroatoms. The Balaban J connectivity index is 1.67. The fourth-order valence-electron chi connectivity index (χ4n) is 4.78. The van der Waals surface area contributed by atoms with E-state index in [1.54, 1.807) is 17.0 Å². The van der Waals surface area contributed by atoms with Crippen LogP contribution >= 0.6 is 0 Å². The first-order valence-corrected chi connectivity index (χ1v) is 9.27. The van der Waals surface area contributed by atoms with Gasteiger partial charge in [0, 0.05) is 18.0 Å². The standard InChI is InChI=1S/C19H20F3NO6/c1-26-17(25)23-7-6-18(11-2-4-13-14(8-11)28-10-27-13)9-12(3-5-15(18)23)29-16(24)19(20,21)22/h2,4,8,12,15H,3,5-7,9-10H2,1H3/t12-,15-,18+/m1/s1. The summed E-state index contributed by atoms with van der Waals surface area (Å²) in [5.41, 5.74) is 0.134. The van der Waals surface area contributed by atoms with E-state index < -0.39 is 29.8 Å². The van der Waals surface area contributed by atoms with Gasteiger partial charge in [-0.3, -0.25) is 0 Å². The second-order valence-electron chi connectivity index (χ2n) is 7.46. The molecule has 4 rings (SSSR count). The lowest BCUT2D eigenvalue weighted by Gasteiger charge is -2.44. The summed E-state index contributed by atoms with van der Waals surface area (Å²) in [4.78, 5) is 25.2. The number of methoxy groups -OCH3 is 1. The first-order valence-electron chi connectivity index (χ1n) is 9.27. The van der Waals surface area contributed by atoms with Gasteiger partial charge in [-0.2, -0.15) is 13.2 Å². The van der Waals surface area contributed by atoms with Gasteiger partial charge in [-0.25, -0.2) is 9.59 Å². The van der Waals surface area contributed by atoms with E-state index in [0.29, 0.717) is 30.9 Å². The van der Waals surface area contributed by atoms with Gasteiger partial charge in [-0.15, -0.1) is 0 Å². The highest BCUT2D eigenvalue weighted by atomic mass is 19.4. The summed E-state index contributed by atoms with van der Waals surface area (Å²) < 4.78 is 58.5. The number of halogens is 3. The Hall–Kier alpha value is -2.65. The van der Waals surface area contributed by atoms with Crippen LogP contribution in [-0.2, 0) is 19.7 Å². The summed E-state index contributed by atoms with van der Waals surface area (Å²) in [6, 6.07) is 5.09. The van der Waals surface area contributed by atoms with Crippen LogP contribution in [0.15, 0.2) is 18.2 Å². The molecule has 2 aliphatic heterocycles. The number of alkyl halides is 3.